The zero-order valence-corrected chi connectivity index (χ0v) is 18.0. The molecular weight excluding hydrogens is 382 g/mol. The molecule has 2 aliphatic heterocycles. The highest BCUT2D eigenvalue weighted by atomic mass is 32.1. The molecule has 1 N–H and O–H groups in total. The van der Waals surface area contributed by atoms with Crippen LogP contribution < -0.4 is 10.2 Å². The number of hydrogen-bond acceptors (Lipinski definition) is 5. The molecule has 1 amide bonds. The lowest BCUT2D eigenvalue weighted by atomic mass is 9.97. The molecule has 4 rings (SSSR count). The molecule has 0 spiro atoms. The van der Waals surface area contributed by atoms with Crippen molar-refractivity contribution in [1.82, 2.24) is 10.2 Å². The van der Waals surface area contributed by atoms with E-state index in [0.29, 0.717) is 6.54 Å². The summed E-state index contributed by atoms with van der Waals surface area (Å²) in [4.78, 5) is 19.0. The maximum Gasteiger partial charge on any atom is 0.251 e. The van der Waals surface area contributed by atoms with Crippen molar-refractivity contribution in [2.24, 2.45) is 5.92 Å². The molecule has 0 saturated carbocycles. The van der Waals surface area contributed by atoms with Crippen molar-refractivity contribution in [3.63, 3.8) is 0 Å². The van der Waals surface area contributed by atoms with Gasteiger partial charge in [0, 0.05) is 35.8 Å². The number of likely N-dealkylation sites (tertiary alicyclic amines) is 1. The van der Waals surface area contributed by atoms with Crippen molar-refractivity contribution < 1.29 is 9.53 Å². The smallest absolute Gasteiger partial charge is 0.251 e. The fourth-order valence-corrected chi connectivity index (χ4v) is 5.03. The molecule has 2 aliphatic rings. The van der Waals surface area contributed by atoms with Crippen molar-refractivity contribution >= 4 is 22.9 Å². The third-order valence-corrected chi connectivity index (χ3v) is 7.07. The molecule has 0 radical (unpaired) electrons. The second-order valence-electron chi connectivity index (χ2n) is 8.11. The van der Waals surface area contributed by atoms with Crippen LogP contribution in [0.3, 0.4) is 0 Å². The minimum absolute atomic E-state index is 0.00506. The van der Waals surface area contributed by atoms with Crippen LogP contribution in [-0.2, 0) is 4.74 Å². The van der Waals surface area contributed by atoms with E-state index in [1.54, 1.807) is 11.3 Å². The summed E-state index contributed by atoms with van der Waals surface area (Å²) in [5, 5.41) is 5.31. The Labute approximate surface area is 177 Å². The number of amides is 1. The third-order valence-electron chi connectivity index (χ3n) is 6.09. The molecule has 6 heteroatoms. The third kappa shape index (κ3) is 5.18. The Morgan fingerprint density at radius 2 is 1.86 bits per heavy atom. The summed E-state index contributed by atoms with van der Waals surface area (Å²) in [6.45, 7) is 8.54. The first-order valence-electron chi connectivity index (χ1n) is 10.7. The van der Waals surface area contributed by atoms with Crippen LogP contribution in [0.15, 0.2) is 41.8 Å². The average Bonchev–Trinajstić information content (AvgIpc) is 3.30. The number of nitrogens with zero attached hydrogens (tertiary/aromatic N) is 2. The van der Waals surface area contributed by atoms with E-state index in [1.807, 2.05) is 24.3 Å². The van der Waals surface area contributed by atoms with Gasteiger partial charge in [0.1, 0.15) is 0 Å². The standard InChI is InChI=1S/C23H31N3O2S/c1-18-8-10-26(11-9-18)21(22-3-2-16-29-22)17-24-23(27)19-4-6-20(7-5-19)25-12-14-28-15-13-25/h2-7,16,18,21H,8-15,17H2,1H3,(H,24,27). The van der Waals surface area contributed by atoms with Crippen LogP contribution in [0.1, 0.15) is 41.0 Å². The van der Waals surface area contributed by atoms with Gasteiger partial charge in [-0.3, -0.25) is 9.69 Å². The summed E-state index contributed by atoms with van der Waals surface area (Å²) >= 11 is 1.78. The predicted octanol–water partition coefficient (Wildman–Crippen LogP) is 3.79. The number of ether oxygens (including phenoxy) is 1. The van der Waals surface area contributed by atoms with E-state index in [0.717, 1.165) is 56.6 Å². The maximum absolute atomic E-state index is 12.8. The van der Waals surface area contributed by atoms with Gasteiger partial charge in [-0.15, -0.1) is 11.3 Å². The van der Waals surface area contributed by atoms with Crippen LogP contribution >= 0.6 is 11.3 Å². The first-order valence-corrected chi connectivity index (χ1v) is 11.6. The van der Waals surface area contributed by atoms with Gasteiger partial charge < -0.3 is 15.0 Å². The van der Waals surface area contributed by atoms with E-state index >= 15 is 0 Å². The van der Waals surface area contributed by atoms with Gasteiger partial charge in [-0.1, -0.05) is 13.0 Å². The fraction of sp³-hybridized carbons (Fsp3) is 0.522. The fourth-order valence-electron chi connectivity index (χ4n) is 4.17. The molecule has 5 nitrogen and oxygen atoms in total. The van der Waals surface area contributed by atoms with Crippen LogP contribution in [0.25, 0.3) is 0 Å². The molecule has 1 aromatic carbocycles. The van der Waals surface area contributed by atoms with E-state index in [-0.39, 0.29) is 11.9 Å². The van der Waals surface area contributed by atoms with Crippen molar-refractivity contribution in [2.75, 3.05) is 50.8 Å². The molecule has 2 aromatic rings. The normalized spacial score (nSPS) is 19.8. The van der Waals surface area contributed by atoms with Gasteiger partial charge in [-0.25, -0.2) is 0 Å². The second-order valence-corrected chi connectivity index (χ2v) is 9.09. The number of piperidine rings is 1. The number of benzene rings is 1. The summed E-state index contributed by atoms with van der Waals surface area (Å²) in [7, 11) is 0. The van der Waals surface area contributed by atoms with Gasteiger partial charge in [-0.2, -0.15) is 0 Å². The summed E-state index contributed by atoms with van der Waals surface area (Å²) < 4.78 is 5.41. The topological polar surface area (TPSA) is 44.8 Å². The van der Waals surface area contributed by atoms with E-state index < -0.39 is 0 Å². The van der Waals surface area contributed by atoms with Gasteiger partial charge in [-0.05, 0) is 67.6 Å². The molecule has 2 saturated heterocycles. The number of morpholine rings is 1. The predicted molar refractivity (Wildman–Crippen MR) is 119 cm³/mol. The minimum atomic E-state index is 0.00506. The summed E-state index contributed by atoms with van der Waals surface area (Å²) in [6.07, 6.45) is 2.47. The lowest BCUT2D eigenvalue weighted by Gasteiger charge is -2.36. The number of nitrogens with one attached hydrogen (secondary N) is 1. The second kappa shape index (κ2) is 9.74. The highest BCUT2D eigenvalue weighted by molar-refractivity contribution is 7.10. The van der Waals surface area contributed by atoms with E-state index in [4.69, 9.17) is 4.74 Å². The molecule has 29 heavy (non-hydrogen) atoms. The van der Waals surface area contributed by atoms with Crippen molar-refractivity contribution in [3.05, 3.63) is 52.2 Å². The summed E-state index contributed by atoms with van der Waals surface area (Å²) in [6, 6.07) is 12.5. The summed E-state index contributed by atoms with van der Waals surface area (Å²) in [5.41, 5.74) is 1.88. The lowest BCUT2D eigenvalue weighted by Crippen LogP contribution is -2.41. The number of anilines is 1. The zero-order valence-electron chi connectivity index (χ0n) is 17.2. The van der Waals surface area contributed by atoms with Crippen LogP contribution in [0, 0.1) is 5.92 Å². The number of hydrogen-bond donors (Lipinski definition) is 1. The zero-order chi connectivity index (χ0) is 20.1. The first-order chi connectivity index (χ1) is 14.2. The SMILES string of the molecule is CC1CCN(C(CNC(=O)c2ccc(N3CCOCC3)cc2)c2cccs2)CC1. The molecule has 3 heterocycles. The number of rotatable bonds is 6. The molecule has 1 unspecified atom stereocenters. The number of carbonyl (C=O) groups excluding carboxylic acids is 1. The van der Waals surface area contributed by atoms with Gasteiger partial charge in [0.05, 0.1) is 19.3 Å². The molecule has 0 aliphatic carbocycles. The molecule has 1 atom stereocenters. The van der Waals surface area contributed by atoms with Crippen molar-refractivity contribution in [1.29, 1.82) is 0 Å². The van der Waals surface area contributed by atoms with Crippen molar-refractivity contribution in [2.45, 2.75) is 25.8 Å². The quantitative estimate of drug-likeness (QED) is 0.783. The Morgan fingerprint density at radius 3 is 2.52 bits per heavy atom. The van der Waals surface area contributed by atoms with Gasteiger partial charge in [0.15, 0.2) is 0 Å². The van der Waals surface area contributed by atoms with Gasteiger partial charge in [0.25, 0.3) is 5.91 Å². The largest absolute Gasteiger partial charge is 0.378 e. The van der Waals surface area contributed by atoms with Crippen LogP contribution in [-0.4, -0.2) is 56.7 Å². The number of carbonyl (C=O) groups is 1. The lowest BCUT2D eigenvalue weighted by molar-refractivity contribution is 0.0915. The van der Waals surface area contributed by atoms with E-state index in [9.17, 15) is 4.79 Å². The van der Waals surface area contributed by atoms with E-state index in [1.165, 1.54) is 17.7 Å². The Bertz CT molecular complexity index is 764. The first kappa shape index (κ1) is 20.4. The van der Waals surface area contributed by atoms with Gasteiger partial charge >= 0.3 is 0 Å². The van der Waals surface area contributed by atoms with Crippen LogP contribution in [0.2, 0.25) is 0 Å². The number of thiophene rings is 1. The highest BCUT2D eigenvalue weighted by Crippen LogP contribution is 2.29. The molecular formula is C23H31N3O2S. The highest BCUT2D eigenvalue weighted by Gasteiger charge is 2.26. The van der Waals surface area contributed by atoms with Crippen LogP contribution in [0.4, 0.5) is 5.69 Å². The average molecular weight is 414 g/mol. The summed E-state index contributed by atoms with van der Waals surface area (Å²) in [5.74, 6) is 0.806. The monoisotopic (exact) mass is 413 g/mol. The Morgan fingerprint density at radius 1 is 1.14 bits per heavy atom. The Kier molecular flexibility index (Phi) is 6.85. The van der Waals surface area contributed by atoms with Crippen molar-refractivity contribution in [3.8, 4) is 0 Å². The molecule has 0 bridgehead atoms. The van der Waals surface area contributed by atoms with Gasteiger partial charge in [0.2, 0.25) is 0 Å². The molecule has 2 fully saturated rings. The maximum atomic E-state index is 12.8. The van der Waals surface area contributed by atoms with E-state index in [2.05, 4.69) is 39.6 Å². The Hall–Kier alpha value is -1.89. The minimum Gasteiger partial charge on any atom is -0.378 e. The van der Waals surface area contributed by atoms with Crippen LogP contribution in [0.5, 0.6) is 0 Å². The Balaban J connectivity index is 1.37. The molecule has 1 aromatic heterocycles. The molecule has 156 valence electrons.